The smallest absolute Gasteiger partial charge is 0.251 e. The largest absolute Gasteiger partial charge is 0.399 e. The van der Waals surface area contributed by atoms with Crippen molar-refractivity contribution in [1.29, 1.82) is 0 Å². The first-order valence-electron chi connectivity index (χ1n) is 5.69. The Kier molecular flexibility index (Phi) is 3.40. The number of sulfonamides is 1. The quantitative estimate of drug-likeness (QED) is 0.488. The molecule has 1 heterocycles. The first-order valence-corrected chi connectivity index (χ1v) is 7.23. The van der Waals surface area contributed by atoms with Gasteiger partial charge >= 0.3 is 0 Å². The summed E-state index contributed by atoms with van der Waals surface area (Å²) < 4.78 is 22.6. The molecule has 1 aliphatic rings. The maximum Gasteiger partial charge on any atom is 0.251 e. The predicted molar refractivity (Wildman–Crippen MR) is 72.0 cm³/mol. The van der Waals surface area contributed by atoms with Crippen LogP contribution in [0.25, 0.3) is 0 Å². The van der Waals surface area contributed by atoms with Gasteiger partial charge in [-0.25, -0.2) is 13.6 Å². The summed E-state index contributed by atoms with van der Waals surface area (Å²) in [6.45, 7) is 0. The molecular weight excluding hydrogens is 284 g/mol. The number of hydrogen-bond donors (Lipinski definition) is 3. The number of benzene rings is 1. The van der Waals surface area contributed by atoms with Crippen molar-refractivity contribution in [1.82, 2.24) is 4.90 Å². The Hall–Kier alpha value is -2.13. The normalized spacial score (nSPS) is 19.5. The summed E-state index contributed by atoms with van der Waals surface area (Å²) in [4.78, 5) is 24.0. The Balaban J connectivity index is 2.29. The molecule has 9 heteroatoms. The van der Waals surface area contributed by atoms with Gasteiger partial charge in [-0.15, -0.1) is 0 Å². The molecule has 108 valence electrons. The lowest BCUT2D eigenvalue weighted by atomic mass is 10.2. The van der Waals surface area contributed by atoms with Crippen molar-refractivity contribution in [3.8, 4) is 0 Å². The number of nitrogens with one attached hydrogen (secondary N) is 1. The third kappa shape index (κ3) is 2.73. The highest BCUT2D eigenvalue weighted by molar-refractivity contribution is 7.89. The molecule has 0 aliphatic carbocycles. The van der Waals surface area contributed by atoms with Crippen LogP contribution in [0.3, 0.4) is 0 Å². The van der Waals surface area contributed by atoms with Crippen molar-refractivity contribution >= 4 is 33.2 Å². The number of likely N-dealkylation sites (N-methyl/N-ethyl adjacent to an activating group) is 1. The van der Waals surface area contributed by atoms with Crippen LogP contribution in [0.15, 0.2) is 23.1 Å². The number of amides is 2. The van der Waals surface area contributed by atoms with Gasteiger partial charge in [0.1, 0.15) is 6.04 Å². The van der Waals surface area contributed by atoms with Gasteiger partial charge in [-0.1, -0.05) is 0 Å². The van der Waals surface area contributed by atoms with Crippen molar-refractivity contribution in [3.63, 3.8) is 0 Å². The zero-order valence-corrected chi connectivity index (χ0v) is 11.5. The van der Waals surface area contributed by atoms with Crippen LogP contribution < -0.4 is 16.2 Å². The maximum absolute atomic E-state index is 11.8. The average molecular weight is 298 g/mol. The molecule has 0 saturated carbocycles. The number of likely N-dealkylation sites (tertiary alicyclic amines) is 1. The first-order chi connectivity index (χ1) is 9.18. The molecule has 1 aromatic rings. The van der Waals surface area contributed by atoms with Gasteiger partial charge in [-0.2, -0.15) is 0 Å². The van der Waals surface area contributed by atoms with E-state index in [9.17, 15) is 18.0 Å². The van der Waals surface area contributed by atoms with Gasteiger partial charge in [-0.05, 0) is 18.2 Å². The second kappa shape index (κ2) is 4.76. The number of carbonyl (C=O) groups is 2. The number of nitrogens with zero attached hydrogens (tertiary/aromatic N) is 1. The Morgan fingerprint density at radius 1 is 1.30 bits per heavy atom. The fraction of sp³-hybridized carbons (Fsp3) is 0.273. The van der Waals surface area contributed by atoms with Crippen molar-refractivity contribution in [2.75, 3.05) is 18.1 Å². The van der Waals surface area contributed by atoms with Gasteiger partial charge in [0.15, 0.2) is 0 Å². The van der Waals surface area contributed by atoms with E-state index in [2.05, 4.69) is 5.32 Å². The van der Waals surface area contributed by atoms with Crippen LogP contribution in [0.2, 0.25) is 0 Å². The van der Waals surface area contributed by atoms with E-state index in [-0.39, 0.29) is 28.8 Å². The lowest BCUT2D eigenvalue weighted by Crippen LogP contribution is -2.31. The highest BCUT2D eigenvalue weighted by Crippen LogP contribution is 2.22. The molecule has 1 atom stereocenters. The monoisotopic (exact) mass is 298 g/mol. The molecule has 1 saturated heterocycles. The molecule has 0 aromatic heterocycles. The van der Waals surface area contributed by atoms with E-state index in [1.165, 1.54) is 25.2 Å². The Morgan fingerprint density at radius 3 is 2.45 bits per heavy atom. The summed E-state index contributed by atoms with van der Waals surface area (Å²) in [5, 5.41) is 7.83. The topological polar surface area (TPSA) is 136 Å². The highest BCUT2D eigenvalue weighted by Gasteiger charge is 2.36. The maximum atomic E-state index is 11.8. The number of imide groups is 1. The van der Waals surface area contributed by atoms with E-state index in [0.29, 0.717) is 5.69 Å². The molecule has 5 N–H and O–H groups in total. The minimum Gasteiger partial charge on any atom is -0.399 e. The molecule has 2 amide bonds. The lowest BCUT2D eigenvalue weighted by molar-refractivity contribution is -0.136. The van der Waals surface area contributed by atoms with Crippen molar-refractivity contribution < 1.29 is 18.0 Å². The highest BCUT2D eigenvalue weighted by atomic mass is 32.2. The summed E-state index contributed by atoms with van der Waals surface area (Å²) in [5.74, 6) is -0.683. The summed E-state index contributed by atoms with van der Waals surface area (Å²) in [6, 6.07) is 3.21. The van der Waals surface area contributed by atoms with E-state index >= 15 is 0 Å². The molecule has 0 spiro atoms. The predicted octanol–water partition coefficient (Wildman–Crippen LogP) is -0.915. The van der Waals surface area contributed by atoms with Gasteiger partial charge in [0, 0.05) is 18.4 Å². The van der Waals surface area contributed by atoms with Crippen LogP contribution >= 0.6 is 0 Å². The summed E-state index contributed by atoms with van der Waals surface area (Å²) in [5.41, 5.74) is 6.10. The van der Waals surface area contributed by atoms with E-state index in [1.807, 2.05) is 0 Å². The average Bonchev–Trinajstić information content (AvgIpc) is 2.55. The number of hydrogen-bond acceptors (Lipinski definition) is 6. The minimum atomic E-state index is -3.90. The number of primary sulfonamides is 1. The molecule has 0 bridgehead atoms. The van der Waals surface area contributed by atoms with Crippen LogP contribution in [0.5, 0.6) is 0 Å². The SMILES string of the molecule is CN1C(=O)CC(Nc2cc(N)cc(S(N)(=O)=O)c2)C1=O. The zero-order valence-electron chi connectivity index (χ0n) is 10.7. The fourth-order valence-electron chi connectivity index (χ4n) is 1.94. The van der Waals surface area contributed by atoms with Crippen LogP contribution in [-0.4, -0.2) is 38.2 Å². The van der Waals surface area contributed by atoms with Crippen LogP contribution in [0, 0.1) is 0 Å². The number of rotatable bonds is 3. The zero-order chi connectivity index (χ0) is 15.1. The van der Waals surface area contributed by atoms with Crippen molar-refractivity contribution in [3.05, 3.63) is 18.2 Å². The number of nitrogen functional groups attached to an aromatic ring is 1. The lowest BCUT2D eigenvalue weighted by Gasteiger charge is -2.13. The van der Waals surface area contributed by atoms with Crippen LogP contribution in [0.1, 0.15) is 6.42 Å². The molecule has 1 unspecified atom stereocenters. The summed E-state index contributed by atoms with van der Waals surface area (Å²) >= 11 is 0. The van der Waals surface area contributed by atoms with Crippen molar-refractivity contribution in [2.45, 2.75) is 17.4 Å². The molecule has 20 heavy (non-hydrogen) atoms. The van der Waals surface area contributed by atoms with Crippen molar-refractivity contribution in [2.24, 2.45) is 5.14 Å². The fourth-order valence-corrected chi connectivity index (χ4v) is 2.53. The van der Waals surface area contributed by atoms with E-state index in [0.717, 1.165) is 4.90 Å². The molecule has 1 aliphatic heterocycles. The third-order valence-corrected chi connectivity index (χ3v) is 3.87. The van der Waals surface area contributed by atoms with E-state index in [1.54, 1.807) is 0 Å². The van der Waals surface area contributed by atoms with Gasteiger partial charge < -0.3 is 11.1 Å². The molecule has 0 radical (unpaired) electrons. The minimum absolute atomic E-state index is 0.00877. The summed E-state index contributed by atoms with van der Waals surface area (Å²) in [7, 11) is -2.51. The van der Waals surface area contributed by atoms with E-state index < -0.39 is 16.1 Å². The second-order valence-electron chi connectivity index (χ2n) is 4.53. The molecular formula is C11H14N4O4S. The van der Waals surface area contributed by atoms with E-state index in [4.69, 9.17) is 10.9 Å². The Bertz CT molecular complexity index is 686. The second-order valence-corrected chi connectivity index (χ2v) is 6.09. The standard InChI is InChI=1S/C11H14N4O4S/c1-15-10(16)5-9(11(15)17)14-7-2-6(12)3-8(4-7)20(13,18)19/h2-4,9,14H,5,12H2,1H3,(H2,13,18,19). The molecule has 1 fully saturated rings. The van der Waals surface area contributed by atoms with Gasteiger partial charge in [0.2, 0.25) is 15.9 Å². The number of anilines is 2. The number of carbonyl (C=O) groups excluding carboxylic acids is 2. The first kappa shape index (κ1) is 14.3. The Labute approximate surface area is 115 Å². The van der Waals surface area contributed by atoms with Gasteiger partial charge in [0.05, 0.1) is 11.3 Å². The third-order valence-electron chi connectivity index (χ3n) is 2.98. The molecule has 2 rings (SSSR count). The number of nitrogens with two attached hydrogens (primary N) is 2. The molecule has 8 nitrogen and oxygen atoms in total. The van der Waals surface area contributed by atoms with Crippen LogP contribution in [0.4, 0.5) is 11.4 Å². The van der Waals surface area contributed by atoms with Crippen LogP contribution in [-0.2, 0) is 19.6 Å². The van der Waals surface area contributed by atoms with Gasteiger partial charge in [-0.3, -0.25) is 14.5 Å². The van der Waals surface area contributed by atoms with Gasteiger partial charge in [0.25, 0.3) is 5.91 Å². The molecule has 1 aromatic carbocycles. The summed E-state index contributed by atoms with van der Waals surface area (Å²) in [6.07, 6.45) is 0.00877. The Morgan fingerprint density at radius 2 is 1.95 bits per heavy atom.